The lowest BCUT2D eigenvalue weighted by Crippen LogP contribution is -2.65. The fourth-order valence-electron chi connectivity index (χ4n) is 8.16. The quantitative estimate of drug-likeness (QED) is 0.516. The van der Waals surface area contributed by atoms with Crippen molar-refractivity contribution in [3.05, 3.63) is 23.8 Å². The molecule has 0 aromatic heterocycles. The molecule has 10 atom stereocenters. The van der Waals surface area contributed by atoms with Crippen LogP contribution in [-0.4, -0.2) is 33.1 Å². The Labute approximate surface area is 190 Å². The zero-order valence-corrected chi connectivity index (χ0v) is 20.6. The molecule has 31 heavy (non-hydrogen) atoms. The number of aliphatic hydroxyl groups excluding tert-OH is 2. The van der Waals surface area contributed by atoms with Gasteiger partial charge in [-0.1, -0.05) is 65.3 Å². The number of allylic oxidation sites excluding steroid dienone is 3. The number of hydrogen-bond donors (Lipinski definition) is 3. The van der Waals surface area contributed by atoms with Gasteiger partial charge in [0.2, 0.25) is 0 Å². The lowest BCUT2D eigenvalue weighted by molar-refractivity contribution is -0.210. The van der Waals surface area contributed by atoms with E-state index in [4.69, 9.17) is 0 Å². The number of aliphatic hydroxyl groups is 3. The van der Waals surface area contributed by atoms with Crippen molar-refractivity contribution < 1.29 is 15.3 Å². The molecule has 5 unspecified atom stereocenters. The minimum atomic E-state index is -1.20. The lowest BCUT2D eigenvalue weighted by Gasteiger charge is -2.62. The van der Waals surface area contributed by atoms with Gasteiger partial charge in [-0.3, -0.25) is 0 Å². The lowest BCUT2D eigenvalue weighted by atomic mass is 9.45. The Morgan fingerprint density at radius 1 is 0.935 bits per heavy atom. The fraction of sp³-hybridized carbons (Fsp3) is 0.857. The van der Waals surface area contributed by atoms with Crippen LogP contribution in [0.25, 0.3) is 0 Å². The summed E-state index contributed by atoms with van der Waals surface area (Å²) < 4.78 is 0. The maximum atomic E-state index is 11.6. The second kappa shape index (κ2) is 7.99. The molecule has 0 aliphatic heterocycles. The van der Waals surface area contributed by atoms with E-state index < -0.39 is 17.8 Å². The van der Waals surface area contributed by atoms with Crippen LogP contribution in [0.15, 0.2) is 23.8 Å². The first-order valence-electron chi connectivity index (χ1n) is 12.9. The molecule has 0 heterocycles. The molecule has 3 saturated carbocycles. The second-order valence-corrected chi connectivity index (χ2v) is 12.5. The highest BCUT2D eigenvalue weighted by Gasteiger charge is 2.64. The Kier molecular flexibility index (Phi) is 6.06. The van der Waals surface area contributed by atoms with Gasteiger partial charge in [-0.2, -0.15) is 0 Å². The Bertz CT molecular complexity index is 741. The van der Waals surface area contributed by atoms with Crippen LogP contribution in [0.5, 0.6) is 0 Å². The summed E-state index contributed by atoms with van der Waals surface area (Å²) in [5.41, 5.74) is 0.160. The summed E-state index contributed by atoms with van der Waals surface area (Å²) in [4.78, 5) is 0. The Balaban J connectivity index is 1.61. The third kappa shape index (κ3) is 3.49. The summed E-state index contributed by atoms with van der Waals surface area (Å²) in [5, 5.41) is 32.9. The van der Waals surface area contributed by atoms with Crippen LogP contribution < -0.4 is 0 Å². The van der Waals surface area contributed by atoms with Crippen LogP contribution in [-0.2, 0) is 0 Å². The minimum Gasteiger partial charge on any atom is -0.393 e. The Morgan fingerprint density at radius 2 is 1.65 bits per heavy atom. The van der Waals surface area contributed by atoms with Crippen molar-refractivity contribution in [1.82, 2.24) is 0 Å². The number of rotatable bonds is 4. The molecule has 4 aliphatic carbocycles. The standard InChI is InChI=1S/C28H46O3/c1-17(2)18(3)7-8-19(4)22-9-10-23-21-15-25(30)28(31)16-20(29)11-14-27(28,6)24(21)12-13-26(22,23)5/h7-8,15,17-20,22-25,29-31H,9-14,16H2,1-6H3/b8-7+/t18?,19?,20-,22?,23?,24?,25+,26+,27+,28-/m0/s1. The summed E-state index contributed by atoms with van der Waals surface area (Å²) in [6, 6.07) is 0. The zero-order valence-electron chi connectivity index (χ0n) is 20.6. The summed E-state index contributed by atoms with van der Waals surface area (Å²) in [6.45, 7) is 14.0. The molecule has 4 aliphatic rings. The molecule has 3 heteroatoms. The first kappa shape index (κ1) is 23.5. The smallest absolute Gasteiger partial charge is 0.102 e. The molecule has 0 radical (unpaired) electrons. The van der Waals surface area contributed by atoms with E-state index in [1.807, 2.05) is 6.08 Å². The minimum absolute atomic E-state index is 0.271. The van der Waals surface area contributed by atoms with Gasteiger partial charge in [0.1, 0.15) is 11.7 Å². The van der Waals surface area contributed by atoms with Gasteiger partial charge < -0.3 is 15.3 Å². The summed E-state index contributed by atoms with van der Waals surface area (Å²) in [5.74, 6) is 3.37. The third-order valence-corrected chi connectivity index (χ3v) is 10.7. The summed E-state index contributed by atoms with van der Waals surface area (Å²) >= 11 is 0. The maximum absolute atomic E-state index is 11.6. The van der Waals surface area contributed by atoms with Crippen LogP contribution in [0, 0.1) is 46.3 Å². The molecular formula is C28H46O3. The molecule has 3 fully saturated rings. The van der Waals surface area contributed by atoms with E-state index in [0.29, 0.717) is 41.9 Å². The van der Waals surface area contributed by atoms with Gasteiger partial charge in [-0.25, -0.2) is 0 Å². The molecule has 3 N–H and O–H groups in total. The first-order valence-corrected chi connectivity index (χ1v) is 12.9. The topological polar surface area (TPSA) is 60.7 Å². The van der Waals surface area contributed by atoms with E-state index in [0.717, 1.165) is 19.3 Å². The van der Waals surface area contributed by atoms with E-state index in [1.165, 1.54) is 24.8 Å². The van der Waals surface area contributed by atoms with Crippen LogP contribution in [0.2, 0.25) is 0 Å². The van der Waals surface area contributed by atoms with Crippen molar-refractivity contribution in [2.45, 2.75) is 104 Å². The Hall–Kier alpha value is -0.640. The molecule has 0 bridgehead atoms. The van der Waals surface area contributed by atoms with Gasteiger partial charge in [0.15, 0.2) is 0 Å². The number of fused-ring (bicyclic) bond motifs is 5. The highest BCUT2D eigenvalue weighted by molar-refractivity contribution is 5.33. The van der Waals surface area contributed by atoms with Gasteiger partial charge >= 0.3 is 0 Å². The first-order chi connectivity index (χ1) is 14.4. The van der Waals surface area contributed by atoms with Crippen LogP contribution in [0.3, 0.4) is 0 Å². The van der Waals surface area contributed by atoms with Crippen molar-refractivity contribution in [2.24, 2.45) is 46.3 Å². The van der Waals surface area contributed by atoms with E-state index in [-0.39, 0.29) is 10.8 Å². The summed E-state index contributed by atoms with van der Waals surface area (Å²) in [7, 11) is 0. The van der Waals surface area contributed by atoms with Crippen molar-refractivity contribution in [2.75, 3.05) is 0 Å². The van der Waals surface area contributed by atoms with E-state index in [9.17, 15) is 15.3 Å². The van der Waals surface area contributed by atoms with Crippen LogP contribution in [0.4, 0.5) is 0 Å². The molecule has 0 amide bonds. The molecule has 4 rings (SSSR count). The predicted molar refractivity (Wildman–Crippen MR) is 126 cm³/mol. The van der Waals surface area contributed by atoms with Crippen molar-refractivity contribution in [3.8, 4) is 0 Å². The fourth-order valence-corrected chi connectivity index (χ4v) is 8.16. The molecule has 3 nitrogen and oxygen atoms in total. The van der Waals surface area contributed by atoms with E-state index in [2.05, 4.69) is 53.7 Å². The zero-order chi connectivity index (χ0) is 22.8. The second-order valence-electron chi connectivity index (χ2n) is 12.5. The maximum Gasteiger partial charge on any atom is 0.102 e. The molecule has 0 aromatic carbocycles. The van der Waals surface area contributed by atoms with Gasteiger partial charge in [-0.15, -0.1) is 0 Å². The normalized spacial score (nSPS) is 49.4. The monoisotopic (exact) mass is 430 g/mol. The summed E-state index contributed by atoms with van der Waals surface area (Å²) in [6.07, 6.45) is 12.1. The van der Waals surface area contributed by atoms with E-state index in [1.54, 1.807) is 0 Å². The van der Waals surface area contributed by atoms with Gasteiger partial charge in [0.25, 0.3) is 0 Å². The predicted octanol–water partition coefficient (Wildman–Crippen LogP) is 5.50. The molecule has 0 aromatic rings. The average molecular weight is 431 g/mol. The Morgan fingerprint density at radius 3 is 2.32 bits per heavy atom. The van der Waals surface area contributed by atoms with Gasteiger partial charge in [-0.05, 0) is 79.4 Å². The number of hydrogen-bond acceptors (Lipinski definition) is 3. The van der Waals surface area contributed by atoms with Crippen molar-refractivity contribution in [3.63, 3.8) is 0 Å². The van der Waals surface area contributed by atoms with Gasteiger partial charge in [0, 0.05) is 11.8 Å². The van der Waals surface area contributed by atoms with Crippen LogP contribution >= 0.6 is 0 Å². The third-order valence-electron chi connectivity index (χ3n) is 10.7. The SMILES string of the molecule is CC(C)C(C)/C=C/C(C)C1CCC2C3=C[C@@H](O)[C@@]4(O)C[C@@H](O)CC[C@]4(C)C3CC[C@@]21C. The van der Waals surface area contributed by atoms with E-state index >= 15 is 0 Å². The molecule has 176 valence electrons. The molecular weight excluding hydrogens is 384 g/mol. The molecule has 0 spiro atoms. The molecule has 0 saturated heterocycles. The van der Waals surface area contributed by atoms with Crippen molar-refractivity contribution >= 4 is 0 Å². The van der Waals surface area contributed by atoms with Crippen LogP contribution in [0.1, 0.15) is 86.5 Å². The average Bonchev–Trinajstić information content (AvgIpc) is 3.05. The van der Waals surface area contributed by atoms with Crippen molar-refractivity contribution in [1.29, 1.82) is 0 Å². The highest BCUT2D eigenvalue weighted by atomic mass is 16.3. The van der Waals surface area contributed by atoms with Gasteiger partial charge in [0.05, 0.1) is 6.10 Å². The largest absolute Gasteiger partial charge is 0.393 e. The highest BCUT2D eigenvalue weighted by Crippen LogP contribution is 2.67.